The van der Waals surface area contributed by atoms with E-state index in [4.69, 9.17) is 4.52 Å². The summed E-state index contributed by atoms with van der Waals surface area (Å²) in [5.41, 5.74) is 0.531. The second-order valence-electron chi connectivity index (χ2n) is 9.08. The van der Waals surface area contributed by atoms with Crippen molar-refractivity contribution >= 4 is 6.03 Å². The maximum Gasteiger partial charge on any atom is 0.317 e. The Hall–Kier alpha value is -1.59. The lowest BCUT2D eigenvalue weighted by atomic mass is 9.69. The number of urea groups is 1. The second-order valence-corrected chi connectivity index (χ2v) is 9.08. The molecule has 6 heteroatoms. The van der Waals surface area contributed by atoms with Crippen molar-refractivity contribution in [1.29, 1.82) is 0 Å². The number of rotatable bonds is 2. The van der Waals surface area contributed by atoms with Crippen molar-refractivity contribution in [3.63, 3.8) is 0 Å². The van der Waals surface area contributed by atoms with Crippen molar-refractivity contribution in [2.75, 3.05) is 13.1 Å². The summed E-state index contributed by atoms with van der Waals surface area (Å²) in [6.45, 7) is 10.4. The number of hydrogen-bond acceptors (Lipinski definition) is 4. The average Bonchev–Trinajstić information content (AvgIpc) is 3.16. The molecule has 2 bridgehead atoms. The summed E-state index contributed by atoms with van der Waals surface area (Å²) in [4.78, 5) is 19.2. The van der Waals surface area contributed by atoms with E-state index in [1.54, 1.807) is 0 Å². The van der Waals surface area contributed by atoms with Gasteiger partial charge in [-0.05, 0) is 55.8 Å². The third-order valence-corrected chi connectivity index (χ3v) is 7.69. The largest absolute Gasteiger partial charge is 0.339 e. The highest BCUT2D eigenvalue weighted by Crippen LogP contribution is 2.65. The summed E-state index contributed by atoms with van der Waals surface area (Å²) in [6.07, 6.45) is 5.63. The summed E-state index contributed by atoms with van der Waals surface area (Å²) in [7, 11) is 0. The maximum absolute atomic E-state index is 12.9. The van der Waals surface area contributed by atoms with Gasteiger partial charge >= 0.3 is 6.03 Å². The fraction of sp³-hybridized carbons (Fsp3) is 0.842. The molecule has 25 heavy (non-hydrogen) atoms. The molecule has 1 saturated heterocycles. The molecule has 1 aliphatic heterocycles. The molecule has 6 nitrogen and oxygen atoms in total. The summed E-state index contributed by atoms with van der Waals surface area (Å²) >= 11 is 0. The zero-order chi connectivity index (χ0) is 17.8. The normalized spacial score (nSPS) is 36.6. The quantitative estimate of drug-likeness (QED) is 0.890. The molecule has 1 aromatic rings. The van der Waals surface area contributed by atoms with Gasteiger partial charge in [-0.3, -0.25) is 0 Å². The molecule has 0 aromatic carbocycles. The summed E-state index contributed by atoms with van der Waals surface area (Å²) in [6, 6.07) is 0.371. The molecular formula is C19H30N4O2. The van der Waals surface area contributed by atoms with Gasteiger partial charge < -0.3 is 14.7 Å². The fourth-order valence-electron chi connectivity index (χ4n) is 5.50. The number of amides is 2. The molecular weight excluding hydrogens is 316 g/mol. The minimum absolute atomic E-state index is 0.0792. The van der Waals surface area contributed by atoms with Crippen LogP contribution < -0.4 is 5.32 Å². The number of carbonyl (C=O) groups is 1. The number of nitrogens with one attached hydrogen (secondary N) is 1. The lowest BCUT2D eigenvalue weighted by Crippen LogP contribution is -2.53. The summed E-state index contributed by atoms with van der Waals surface area (Å²) < 4.78 is 5.33. The van der Waals surface area contributed by atoms with Crippen LogP contribution in [-0.4, -0.2) is 40.2 Å². The standard InChI is InChI=1S/C19H30N4O2/c1-12-20-16(25-22-12)13-6-5-9-23(11-13)17(24)21-15-10-14-7-8-19(15,4)18(14,2)3/h13-15H,5-11H2,1-4H3,(H,21,24). The zero-order valence-corrected chi connectivity index (χ0v) is 15.8. The van der Waals surface area contributed by atoms with Gasteiger partial charge in [-0.1, -0.05) is 25.9 Å². The van der Waals surface area contributed by atoms with E-state index in [-0.39, 0.29) is 17.4 Å². The number of aromatic nitrogens is 2. The van der Waals surface area contributed by atoms with Gasteiger partial charge in [-0.15, -0.1) is 0 Å². The number of nitrogens with zero attached hydrogens (tertiary/aromatic N) is 3. The van der Waals surface area contributed by atoms with Crippen LogP contribution in [-0.2, 0) is 0 Å². The van der Waals surface area contributed by atoms with Crippen molar-refractivity contribution < 1.29 is 9.32 Å². The Morgan fingerprint density at radius 3 is 2.72 bits per heavy atom. The van der Waals surface area contributed by atoms with Crippen molar-refractivity contribution in [2.24, 2.45) is 16.7 Å². The van der Waals surface area contributed by atoms with Crippen LogP contribution in [0.2, 0.25) is 0 Å². The molecule has 0 radical (unpaired) electrons. The topological polar surface area (TPSA) is 71.3 Å². The van der Waals surface area contributed by atoms with Crippen molar-refractivity contribution in [3.05, 3.63) is 11.7 Å². The highest BCUT2D eigenvalue weighted by atomic mass is 16.5. The predicted molar refractivity (Wildman–Crippen MR) is 94.1 cm³/mol. The van der Waals surface area contributed by atoms with E-state index in [9.17, 15) is 4.79 Å². The van der Waals surface area contributed by atoms with Gasteiger partial charge in [0.1, 0.15) is 0 Å². The first kappa shape index (κ1) is 16.9. The van der Waals surface area contributed by atoms with Gasteiger partial charge in [0.25, 0.3) is 0 Å². The van der Waals surface area contributed by atoms with Crippen LogP contribution in [0, 0.1) is 23.7 Å². The SMILES string of the molecule is Cc1noc(C2CCCN(C(=O)NC3CC4CCC3(C)C4(C)C)C2)n1. The highest BCUT2D eigenvalue weighted by Gasteiger charge is 2.61. The molecule has 2 amide bonds. The van der Waals surface area contributed by atoms with Gasteiger partial charge in [-0.2, -0.15) is 4.98 Å². The molecule has 1 aromatic heterocycles. The van der Waals surface area contributed by atoms with Gasteiger partial charge in [0.15, 0.2) is 5.82 Å². The van der Waals surface area contributed by atoms with E-state index in [1.165, 1.54) is 12.8 Å². The van der Waals surface area contributed by atoms with E-state index in [0.717, 1.165) is 31.7 Å². The number of aryl methyl sites for hydroxylation is 1. The van der Waals surface area contributed by atoms with Crippen LogP contribution in [0.15, 0.2) is 4.52 Å². The molecule has 2 saturated carbocycles. The lowest BCUT2D eigenvalue weighted by Gasteiger charge is -2.40. The number of hydrogen-bond donors (Lipinski definition) is 1. The Morgan fingerprint density at radius 2 is 2.12 bits per heavy atom. The Labute approximate surface area is 149 Å². The number of piperidine rings is 1. The summed E-state index contributed by atoms with van der Waals surface area (Å²) in [5, 5.41) is 7.26. The number of likely N-dealkylation sites (tertiary alicyclic amines) is 1. The predicted octanol–water partition coefficient (Wildman–Crippen LogP) is 3.48. The molecule has 1 N–H and O–H groups in total. The molecule has 4 rings (SSSR count). The average molecular weight is 346 g/mol. The third kappa shape index (κ3) is 2.56. The van der Waals surface area contributed by atoms with Crippen LogP contribution >= 0.6 is 0 Å². The highest BCUT2D eigenvalue weighted by molar-refractivity contribution is 5.75. The third-order valence-electron chi connectivity index (χ3n) is 7.69. The van der Waals surface area contributed by atoms with Gasteiger partial charge in [0.05, 0.1) is 5.92 Å². The zero-order valence-electron chi connectivity index (χ0n) is 15.8. The Kier molecular flexibility index (Phi) is 3.85. The summed E-state index contributed by atoms with van der Waals surface area (Å²) in [5.74, 6) is 2.22. The van der Waals surface area contributed by atoms with E-state index < -0.39 is 0 Å². The van der Waals surface area contributed by atoms with E-state index >= 15 is 0 Å². The minimum atomic E-state index is 0.0792. The molecule has 3 fully saturated rings. The van der Waals surface area contributed by atoms with Gasteiger partial charge in [-0.25, -0.2) is 4.79 Å². The Bertz CT molecular complexity index is 670. The first-order valence-electron chi connectivity index (χ1n) is 9.67. The molecule has 2 aliphatic carbocycles. The van der Waals surface area contributed by atoms with Crippen LogP contribution in [0.3, 0.4) is 0 Å². The lowest BCUT2D eigenvalue weighted by molar-refractivity contribution is 0.114. The first-order chi connectivity index (χ1) is 11.8. The number of fused-ring (bicyclic) bond motifs is 2. The monoisotopic (exact) mass is 346 g/mol. The van der Waals surface area contributed by atoms with Crippen LogP contribution in [0.25, 0.3) is 0 Å². The molecule has 3 aliphatic rings. The Balaban J connectivity index is 1.42. The van der Waals surface area contributed by atoms with Gasteiger partial charge in [0.2, 0.25) is 5.89 Å². The van der Waals surface area contributed by atoms with Crippen LogP contribution in [0.5, 0.6) is 0 Å². The molecule has 4 atom stereocenters. The maximum atomic E-state index is 12.9. The van der Waals surface area contributed by atoms with Crippen molar-refractivity contribution in [1.82, 2.24) is 20.4 Å². The minimum Gasteiger partial charge on any atom is -0.339 e. The Morgan fingerprint density at radius 1 is 1.32 bits per heavy atom. The van der Waals surface area contributed by atoms with E-state index in [0.29, 0.717) is 29.7 Å². The van der Waals surface area contributed by atoms with Crippen molar-refractivity contribution in [3.8, 4) is 0 Å². The smallest absolute Gasteiger partial charge is 0.317 e. The molecule has 0 spiro atoms. The molecule has 138 valence electrons. The van der Waals surface area contributed by atoms with E-state index in [1.807, 2.05) is 11.8 Å². The second kappa shape index (κ2) is 5.71. The molecule has 2 heterocycles. The fourth-order valence-corrected chi connectivity index (χ4v) is 5.50. The van der Waals surface area contributed by atoms with Gasteiger partial charge in [0, 0.05) is 19.1 Å². The van der Waals surface area contributed by atoms with Crippen LogP contribution in [0.4, 0.5) is 4.79 Å². The molecule has 4 unspecified atom stereocenters. The first-order valence-corrected chi connectivity index (χ1v) is 9.67. The van der Waals surface area contributed by atoms with Crippen molar-refractivity contribution in [2.45, 2.75) is 71.8 Å². The number of carbonyl (C=O) groups excluding carboxylic acids is 1. The van der Waals surface area contributed by atoms with Crippen LogP contribution in [0.1, 0.15) is 70.5 Å². The van der Waals surface area contributed by atoms with E-state index in [2.05, 4.69) is 36.2 Å².